The minimum atomic E-state index is -0.0580. The Balaban J connectivity index is 3.02. The Labute approximate surface area is 90.3 Å². The summed E-state index contributed by atoms with van der Waals surface area (Å²) in [6.45, 7) is 5.59. The first-order valence-corrected chi connectivity index (χ1v) is 4.81. The molecule has 0 aliphatic rings. The normalized spacial score (nSPS) is 10.3. The van der Waals surface area contributed by atoms with Gasteiger partial charge >= 0.3 is 0 Å². The van der Waals surface area contributed by atoms with E-state index in [0.29, 0.717) is 5.56 Å². The van der Waals surface area contributed by atoms with Gasteiger partial charge in [0.15, 0.2) is 0 Å². The third-order valence-corrected chi connectivity index (χ3v) is 2.17. The molecule has 0 unspecified atom stereocenters. The molecule has 2 heteroatoms. The van der Waals surface area contributed by atoms with Crippen LogP contribution in [0.25, 0.3) is 6.08 Å². The van der Waals surface area contributed by atoms with Gasteiger partial charge < -0.3 is 5.32 Å². The van der Waals surface area contributed by atoms with Crippen molar-refractivity contribution in [1.29, 1.82) is 0 Å². The molecule has 0 atom stereocenters. The molecule has 0 radical (unpaired) electrons. The van der Waals surface area contributed by atoms with Crippen LogP contribution in [0, 0.1) is 6.92 Å². The van der Waals surface area contributed by atoms with Gasteiger partial charge in [-0.15, -0.1) is 0 Å². The largest absolute Gasteiger partial charge is 0.355 e. The third-order valence-electron chi connectivity index (χ3n) is 2.17. The van der Waals surface area contributed by atoms with Crippen LogP contribution in [0.3, 0.4) is 0 Å². The zero-order valence-electron chi connectivity index (χ0n) is 9.08. The van der Waals surface area contributed by atoms with Crippen LogP contribution in [0.5, 0.6) is 0 Å². The van der Waals surface area contributed by atoms with Crippen LogP contribution in [0.1, 0.15) is 21.5 Å². The molecule has 0 fully saturated rings. The monoisotopic (exact) mass is 201 g/mol. The molecule has 2 nitrogen and oxygen atoms in total. The summed E-state index contributed by atoms with van der Waals surface area (Å²) < 4.78 is 0. The fraction of sp³-hybridized carbons (Fsp3) is 0.154. The fourth-order valence-electron chi connectivity index (χ4n) is 1.32. The highest BCUT2D eigenvalue weighted by Crippen LogP contribution is 2.12. The second kappa shape index (κ2) is 5.15. The number of hydrogen-bond donors (Lipinski definition) is 1. The van der Waals surface area contributed by atoms with E-state index in [9.17, 15) is 4.79 Å². The summed E-state index contributed by atoms with van der Waals surface area (Å²) in [6.07, 6.45) is 5.57. The third kappa shape index (κ3) is 2.81. The van der Waals surface area contributed by atoms with Gasteiger partial charge in [0.1, 0.15) is 0 Å². The highest BCUT2D eigenvalue weighted by Gasteiger charge is 2.03. The molecule has 0 aliphatic carbocycles. The van der Waals surface area contributed by atoms with E-state index in [4.69, 9.17) is 0 Å². The van der Waals surface area contributed by atoms with Gasteiger partial charge in [-0.3, -0.25) is 4.79 Å². The van der Waals surface area contributed by atoms with E-state index in [0.717, 1.165) is 11.1 Å². The molecule has 1 aromatic rings. The maximum atomic E-state index is 11.3. The van der Waals surface area contributed by atoms with Crippen molar-refractivity contribution in [2.45, 2.75) is 6.92 Å². The average molecular weight is 201 g/mol. The van der Waals surface area contributed by atoms with Gasteiger partial charge in [-0.05, 0) is 30.2 Å². The smallest absolute Gasteiger partial charge is 0.251 e. The van der Waals surface area contributed by atoms with Crippen LogP contribution in [-0.4, -0.2) is 13.0 Å². The van der Waals surface area contributed by atoms with Crippen molar-refractivity contribution >= 4 is 12.0 Å². The lowest BCUT2D eigenvalue weighted by atomic mass is 10.0. The van der Waals surface area contributed by atoms with Crippen LogP contribution in [0.2, 0.25) is 0 Å². The second-order valence-corrected chi connectivity index (χ2v) is 3.25. The molecule has 0 bridgehead atoms. The van der Waals surface area contributed by atoms with Gasteiger partial charge in [0.05, 0.1) is 0 Å². The van der Waals surface area contributed by atoms with E-state index in [-0.39, 0.29) is 5.91 Å². The first-order chi connectivity index (χ1) is 7.19. The molecule has 1 amide bonds. The lowest BCUT2D eigenvalue weighted by Gasteiger charge is -2.04. The summed E-state index contributed by atoms with van der Waals surface area (Å²) in [5.41, 5.74) is 2.86. The number of carbonyl (C=O) groups is 1. The van der Waals surface area contributed by atoms with E-state index in [1.165, 1.54) is 0 Å². The van der Waals surface area contributed by atoms with E-state index >= 15 is 0 Å². The molecular weight excluding hydrogens is 186 g/mol. The summed E-state index contributed by atoms with van der Waals surface area (Å²) >= 11 is 0. The molecule has 1 rings (SSSR count). The Morgan fingerprint density at radius 2 is 2.20 bits per heavy atom. The number of allylic oxidation sites excluding steroid dienone is 2. The number of nitrogens with one attached hydrogen (secondary N) is 1. The highest BCUT2D eigenvalue weighted by atomic mass is 16.1. The minimum Gasteiger partial charge on any atom is -0.355 e. The quantitative estimate of drug-likeness (QED) is 0.748. The van der Waals surface area contributed by atoms with Crippen LogP contribution in [-0.2, 0) is 0 Å². The maximum Gasteiger partial charge on any atom is 0.251 e. The number of amides is 1. The summed E-state index contributed by atoms with van der Waals surface area (Å²) in [6, 6.07) is 5.62. The van der Waals surface area contributed by atoms with Gasteiger partial charge in [0.2, 0.25) is 0 Å². The lowest BCUT2D eigenvalue weighted by molar-refractivity contribution is 0.0963. The summed E-state index contributed by atoms with van der Waals surface area (Å²) in [7, 11) is 1.63. The van der Waals surface area contributed by atoms with Crippen molar-refractivity contribution in [3.63, 3.8) is 0 Å². The maximum absolute atomic E-state index is 11.3. The SMILES string of the molecule is C=C/C=C\c1ccc(C(=O)NC)cc1C. The summed E-state index contributed by atoms with van der Waals surface area (Å²) in [4.78, 5) is 11.3. The first kappa shape index (κ1) is 11.2. The molecule has 0 saturated heterocycles. The Kier molecular flexibility index (Phi) is 3.86. The van der Waals surface area contributed by atoms with Gasteiger partial charge in [-0.2, -0.15) is 0 Å². The number of aryl methyl sites for hydroxylation is 1. The molecule has 15 heavy (non-hydrogen) atoms. The highest BCUT2D eigenvalue weighted by molar-refractivity contribution is 5.94. The molecule has 1 aromatic carbocycles. The first-order valence-electron chi connectivity index (χ1n) is 4.81. The van der Waals surface area contributed by atoms with Crippen molar-refractivity contribution in [2.75, 3.05) is 7.05 Å². The van der Waals surface area contributed by atoms with Crippen molar-refractivity contribution in [3.05, 3.63) is 53.6 Å². The molecule has 0 spiro atoms. The topological polar surface area (TPSA) is 29.1 Å². The summed E-state index contributed by atoms with van der Waals surface area (Å²) in [5, 5.41) is 2.60. The van der Waals surface area contributed by atoms with Crippen molar-refractivity contribution in [3.8, 4) is 0 Å². The Hall–Kier alpha value is -1.83. The Morgan fingerprint density at radius 3 is 2.73 bits per heavy atom. The molecule has 0 aromatic heterocycles. The number of carbonyl (C=O) groups excluding carboxylic acids is 1. The van der Waals surface area contributed by atoms with Gasteiger partial charge in [0.25, 0.3) is 5.91 Å². The lowest BCUT2D eigenvalue weighted by Crippen LogP contribution is -2.17. The zero-order valence-corrected chi connectivity index (χ0v) is 9.08. The molecular formula is C13H15NO. The standard InChI is InChI=1S/C13H15NO/c1-4-5-6-11-7-8-12(9-10(11)2)13(15)14-3/h4-9H,1H2,2-3H3,(H,14,15)/b6-5-. The van der Waals surface area contributed by atoms with Crippen LogP contribution in [0.4, 0.5) is 0 Å². The molecule has 78 valence electrons. The van der Waals surface area contributed by atoms with Crippen molar-refractivity contribution < 1.29 is 4.79 Å². The predicted molar refractivity (Wildman–Crippen MR) is 63.8 cm³/mol. The van der Waals surface area contributed by atoms with Crippen LogP contribution < -0.4 is 5.32 Å². The minimum absolute atomic E-state index is 0.0580. The Bertz CT molecular complexity index is 405. The molecule has 0 saturated carbocycles. The van der Waals surface area contributed by atoms with Gasteiger partial charge in [-0.25, -0.2) is 0 Å². The second-order valence-electron chi connectivity index (χ2n) is 3.25. The van der Waals surface area contributed by atoms with Gasteiger partial charge in [-0.1, -0.05) is 30.9 Å². The van der Waals surface area contributed by atoms with Crippen molar-refractivity contribution in [1.82, 2.24) is 5.32 Å². The predicted octanol–water partition coefficient (Wildman–Crippen LogP) is 2.55. The van der Waals surface area contributed by atoms with E-state index in [2.05, 4.69) is 11.9 Å². The van der Waals surface area contributed by atoms with Crippen LogP contribution >= 0.6 is 0 Å². The average Bonchev–Trinajstić information content (AvgIpc) is 2.26. The van der Waals surface area contributed by atoms with Gasteiger partial charge in [0, 0.05) is 12.6 Å². The zero-order chi connectivity index (χ0) is 11.3. The van der Waals surface area contributed by atoms with E-state index in [1.54, 1.807) is 13.1 Å². The fourth-order valence-corrected chi connectivity index (χ4v) is 1.32. The Morgan fingerprint density at radius 1 is 1.47 bits per heavy atom. The molecule has 0 heterocycles. The van der Waals surface area contributed by atoms with Crippen molar-refractivity contribution in [2.24, 2.45) is 0 Å². The number of hydrogen-bond acceptors (Lipinski definition) is 1. The summed E-state index contributed by atoms with van der Waals surface area (Å²) in [5.74, 6) is -0.0580. The number of benzene rings is 1. The van der Waals surface area contributed by atoms with Crippen LogP contribution in [0.15, 0.2) is 36.9 Å². The molecule has 0 aliphatic heterocycles. The van der Waals surface area contributed by atoms with E-state index in [1.807, 2.05) is 37.3 Å². The molecule has 1 N–H and O–H groups in total. The number of rotatable bonds is 3. The van der Waals surface area contributed by atoms with E-state index < -0.39 is 0 Å².